The molecular formula is C16H14ClFOS. The maximum Gasteiger partial charge on any atom is 0.165 e. The van der Waals surface area contributed by atoms with Crippen LogP contribution in [-0.4, -0.2) is 11.9 Å². The van der Waals surface area contributed by atoms with Crippen molar-refractivity contribution in [3.63, 3.8) is 0 Å². The van der Waals surface area contributed by atoms with Crippen LogP contribution in [0.5, 0.6) is 5.75 Å². The van der Waals surface area contributed by atoms with Gasteiger partial charge in [0.15, 0.2) is 11.6 Å². The van der Waals surface area contributed by atoms with Gasteiger partial charge in [0.05, 0.1) is 5.88 Å². The zero-order valence-electron chi connectivity index (χ0n) is 10.8. The Bertz CT molecular complexity index is 592. The lowest BCUT2D eigenvalue weighted by atomic mass is 10.1. The maximum absolute atomic E-state index is 13.8. The molecule has 0 amide bonds. The number of thioether (sulfide) groups is 1. The number of hydrogen-bond acceptors (Lipinski definition) is 2. The van der Waals surface area contributed by atoms with Crippen molar-refractivity contribution in [2.75, 3.05) is 6.61 Å². The van der Waals surface area contributed by atoms with E-state index in [2.05, 4.69) is 12.1 Å². The normalized spacial score (nSPS) is 17.0. The molecule has 2 aromatic rings. The van der Waals surface area contributed by atoms with Crippen molar-refractivity contribution in [2.24, 2.45) is 0 Å². The third-order valence-electron chi connectivity index (χ3n) is 3.32. The first-order chi connectivity index (χ1) is 9.78. The Kier molecular flexibility index (Phi) is 4.18. The molecule has 1 atom stereocenters. The minimum absolute atomic E-state index is 0.255. The fraction of sp³-hybridized carbons (Fsp3) is 0.250. The van der Waals surface area contributed by atoms with Gasteiger partial charge in [0.1, 0.15) is 6.61 Å². The highest BCUT2D eigenvalue weighted by atomic mass is 35.5. The molecule has 0 aliphatic carbocycles. The fourth-order valence-corrected chi connectivity index (χ4v) is 3.77. The van der Waals surface area contributed by atoms with Gasteiger partial charge in [-0.05, 0) is 24.1 Å². The zero-order valence-corrected chi connectivity index (χ0v) is 12.4. The number of benzene rings is 2. The van der Waals surface area contributed by atoms with E-state index < -0.39 is 0 Å². The van der Waals surface area contributed by atoms with Gasteiger partial charge in [-0.25, -0.2) is 4.39 Å². The Hall–Kier alpha value is -1.19. The van der Waals surface area contributed by atoms with Crippen LogP contribution in [0.3, 0.4) is 0 Å². The molecule has 1 unspecified atom stereocenters. The third kappa shape index (κ3) is 2.79. The Morgan fingerprint density at radius 1 is 1.20 bits per heavy atom. The standard InChI is InChI=1S/C16H14ClFOS/c17-9-12-5-3-6-14(18)16(12)19-10-13-8-11-4-1-2-7-15(11)20-13/h1-7,13H,8-10H2. The highest BCUT2D eigenvalue weighted by Gasteiger charge is 2.23. The van der Waals surface area contributed by atoms with Crippen LogP contribution >= 0.6 is 23.4 Å². The summed E-state index contributed by atoms with van der Waals surface area (Å²) < 4.78 is 19.5. The molecule has 0 fully saturated rings. The van der Waals surface area contributed by atoms with Gasteiger partial charge < -0.3 is 4.74 Å². The van der Waals surface area contributed by atoms with Gasteiger partial charge in [-0.3, -0.25) is 0 Å². The summed E-state index contributed by atoms with van der Waals surface area (Å²) in [5.74, 6) is 0.202. The molecule has 1 aliphatic heterocycles. The lowest BCUT2D eigenvalue weighted by Crippen LogP contribution is -2.14. The number of hydrogen-bond donors (Lipinski definition) is 0. The molecule has 0 aromatic heterocycles. The topological polar surface area (TPSA) is 9.23 Å². The minimum atomic E-state index is -0.344. The lowest BCUT2D eigenvalue weighted by molar-refractivity contribution is 0.299. The molecular weight excluding hydrogens is 295 g/mol. The smallest absolute Gasteiger partial charge is 0.165 e. The SMILES string of the molecule is Fc1cccc(CCl)c1OCC1Cc2ccccc2S1. The van der Waals surface area contributed by atoms with Crippen molar-refractivity contribution >= 4 is 23.4 Å². The lowest BCUT2D eigenvalue weighted by Gasteiger charge is -2.14. The summed E-state index contributed by atoms with van der Waals surface area (Å²) in [6.07, 6.45) is 0.964. The summed E-state index contributed by atoms with van der Waals surface area (Å²) in [5.41, 5.74) is 2.05. The van der Waals surface area contributed by atoms with Crippen molar-refractivity contribution in [3.05, 3.63) is 59.4 Å². The summed E-state index contributed by atoms with van der Waals surface area (Å²) in [5, 5.41) is 0.329. The molecule has 0 saturated carbocycles. The molecule has 1 nitrogen and oxygen atoms in total. The number of para-hydroxylation sites is 1. The highest BCUT2D eigenvalue weighted by molar-refractivity contribution is 8.00. The fourth-order valence-electron chi connectivity index (χ4n) is 2.34. The maximum atomic E-state index is 13.8. The summed E-state index contributed by atoms with van der Waals surface area (Å²) in [4.78, 5) is 1.30. The van der Waals surface area contributed by atoms with Gasteiger partial charge in [0, 0.05) is 15.7 Å². The molecule has 104 valence electrons. The molecule has 2 aromatic carbocycles. The van der Waals surface area contributed by atoms with Crippen molar-refractivity contribution < 1.29 is 9.13 Å². The van der Waals surface area contributed by atoms with Crippen LogP contribution in [-0.2, 0) is 12.3 Å². The van der Waals surface area contributed by atoms with E-state index in [9.17, 15) is 4.39 Å². The minimum Gasteiger partial charge on any atom is -0.489 e. The molecule has 1 heterocycles. The van der Waals surface area contributed by atoms with Gasteiger partial charge in [0.25, 0.3) is 0 Å². The van der Waals surface area contributed by atoms with Crippen LogP contribution in [0, 0.1) is 5.82 Å². The van der Waals surface area contributed by atoms with E-state index in [0.717, 1.165) is 6.42 Å². The van der Waals surface area contributed by atoms with Crippen LogP contribution in [0.15, 0.2) is 47.4 Å². The Morgan fingerprint density at radius 3 is 2.85 bits per heavy atom. The van der Waals surface area contributed by atoms with E-state index >= 15 is 0 Å². The molecule has 1 aliphatic rings. The Labute approximate surface area is 127 Å². The molecule has 4 heteroatoms. The first-order valence-corrected chi connectivity index (χ1v) is 7.90. The average Bonchev–Trinajstić information content (AvgIpc) is 2.88. The van der Waals surface area contributed by atoms with Gasteiger partial charge >= 0.3 is 0 Å². The van der Waals surface area contributed by atoms with E-state index in [1.165, 1.54) is 16.5 Å². The van der Waals surface area contributed by atoms with Crippen molar-refractivity contribution in [3.8, 4) is 5.75 Å². The molecule has 0 bridgehead atoms. The number of fused-ring (bicyclic) bond motifs is 1. The largest absolute Gasteiger partial charge is 0.489 e. The van der Waals surface area contributed by atoms with Crippen molar-refractivity contribution in [1.82, 2.24) is 0 Å². The number of rotatable bonds is 4. The molecule has 20 heavy (non-hydrogen) atoms. The van der Waals surface area contributed by atoms with Gasteiger partial charge in [-0.15, -0.1) is 23.4 Å². The number of halogens is 2. The Balaban J connectivity index is 1.67. The Morgan fingerprint density at radius 2 is 2.05 bits per heavy atom. The van der Waals surface area contributed by atoms with Crippen LogP contribution in [0.1, 0.15) is 11.1 Å². The second-order valence-electron chi connectivity index (χ2n) is 4.72. The second kappa shape index (κ2) is 6.06. The van der Waals surface area contributed by atoms with Crippen LogP contribution in [0.4, 0.5) is 4.39 Å². The summed E-state index contributed by atoms with van der Waals surface area (Å²) in [6.45, 7) is 0.490. The number of ether oxygens (including phenoxy) is 1. The third-order valence-corrected chi connectivity index (χ3v) is 4.90. The van der Waals surface area contributed by atoms with Gasteiger partial charge in [-0.1, -0.05) is 30.3 Å². The van der Waals surface area contributed by atoms with E-state index in [-0.39, 0.29) is 11.7 Å². The first-order valence-electron chi connectivity index (χ1n) is 6.48. The van der Waals surface area contributed by atoms with E-state index in [4.69, 9.17) is 16.3 Å². The van der Waals surface area contributed by atoms with Crippen molar-refractivity contribution in [1.29, 1.82) is 0 Å². The van der Waals surface area contributed by atoms with E-state index in [0.29, 0.717) is 23.2 Å². The van der Waals surface area contributed by atoms with Crippen LogP contribution < -0.4 is 4.74 Å². The second-order valence-corrected chi connectivity index (χ2v) is 6.33. The predicted molar refractivity (Wildman–Crippen MR) is 81.2 cm³/mol. The molecule has 0 N–H and O–H groups in total. The van der Waals surface area contributed by atoms with Crippen LogP contribution in [0.2, 0.25) is 0 Å². The highest BCUT2D eigenvalue weighted by Crippen LogP contribution is 2.37. The zero-order chi connectivity index (χ0) is 13.9. The molecule has 0 saturated heterocycles. The molecule has 0 radical (unpaired) electrons. The van der Waals surface area contributed by atoms with Gasteiger partial charge in [0.2, 0.25) is 0 Å². The monoisotopic (exact) mass is 308 g/mol. The summed E-state index contributed by atoms with van der Waals surface area (Å²) >= 11 is 7.61. The van der Waals surface area contributed by atoms with E-state index in [1.807, 2.05) is 12.1 Å². The van der Waals surface area contributed by atoms with Gasteiger partial charge in [-0.2, -0.15) is 0 Å². The first kappa shape index (κ1) is 13.8. The summed E-state index contributed by atoms with van der Waals surface area (Å²) in [6, 6.07) is 13.2. The van der Waals surface area contributed by atoms with Crippen LogP contribution in [0.25, 0.3) is 0 Å². The predicted octanol–water partition coefficient (Wildman–Crippen LogP) is 4.66. The van der Waals surface area contributed by atoms with Crippen molar-refractivity contribution in [2.45, 2.75) is 22.4 Å². The summed E-state index contributed by atoms with van der Waals surface area (Å²) in [7, 11) is 0. The molecule has 3 rings (SSSR count). The average molecular weight is 309 g/mol. The van der Waals surface area contributed by atoms with E-state index in [1.54, 1.807) is 23.9 Å². The molecule has 0 spiro atoms. The quantitative estimate of drug-likeness (QED) is 0.760. The number of alkyl halides is 1.